The maximum atomic E-state index is 12.2. The van der Waals surface area contributed by atoms with Crippen LogP contribution >= 0.6 is 0 Å². The molecule has 6 heteroatoms. The second kappa shape index (κ2) is 7.75. The summed E-state index contributed by atoms with van der Waals surface area (Å²) in [5, 5.41) is 5.83. The molecule has 1 aliphatic carbocycles. The Hall–Kier alpha value is -1.14. The van der Waals surface area contributed by atoms with Crippen LogP contribution in [0.3, 0.4) is 0 Å². The highest BCUT2D eigenvalue weighted by Gasteiger charge is 2.27. The summed E-state index contributed by atoms with van der Waals surface area (Å²) in [6.45, 7) is 2.19. The molecule has 21 heavy (non-hydrogen) atoms. The van der Waals surface area contributed by atoms with E-state index in [9.17, 15) is 9.59 Å². The van der Waals surface area contributed by atoms with Gasteiger partial charge in [-0.25, -0.2) is 0 Å². The van der Waals surface area contributed by atoms with Crippen molar-refractivity contribution in [2.45, 2.75) is 50.6 Å². The summed E-state index contributed by atoms with van der Waals surface area (Å²) in [5.74, 6) is 0.399. The first-order valence-electron chi connectivity index (χ1n) is 8.07. The standard InChI is InChI=1S/C15H28N4O2/c1-17-14(20)10-19-8-6-13(7-9-19)18-15(21)11-2-4-12(16)5-3-11/h11-13H,2-10,16H2,1H3,(H,17,20)(H,18,21). The number of piperidine rings is 1. The van der Waals surface area contributed by atoms with Gasteiger partial charge < -0.3 is 16.4 Å². The molecule has 0 aromatic rings. The van der Waals surface area contributed by atoms with Gasteiger partial charge in [-0.3, -0.25) is 14.5 Å². The lowest BCUT2D eigenvalue weighted by molar-refractivity contribution is -0.127. The summed E-state index contributed by atoms with van der Waals surface area (Å²) < 4.78 is 0. The molecule has 0 unspecified atom stereocenters. The fourth-order valence-corrected chi connectivity index (χ4v) is 3.22. The predicted molar refractivity (Wildman–Crippen MR) is 81.6 cm³/mol. The lowest BCUT2D eigenvalue weighted by Crippen LogP contribution is -2.48. The third kappa shape index (κ3) is 4.97. The zero-order valence-corrected chi connectivity index (χ0v) is 12.9. The lowest BCUT2D eigenvalue weighted by atomic mass is 9.85. The van der Waals surface area contributed by atoms with Crippen LogP contribution in [0.2, 0.25) is 0 Å². The summed E-state index contributed by atoms with van der Waals surface area (Å²) in [7, 11) is 1.66. The molecule has 0 aromatic heterocycles. The van der Waals surface area contributed by atoms with Crippen LogP contribution in [0, 0.1) is 5.92 Å². The molecule has 1 heterocycles. The van der Waals surface area contributed by atoms with Crippen LogP contribution in [-0.2, 0) is 9.59 Å². The summed E-state index contributed by atoms with van der Waals surface area (Å²) in [6, 6.07) is 0.538. The van der Waals surface area contributed by atoms with Gasteiger partial charge in [0.1, 0.15) is 0 Å². The van der Waals surface area contributed by atoms with Crippen molar-refractivity contribution in [1.82, 2.24) is 15.5 Å². The van der Waals surface area contributed by atoms with E-state index >= 15 is 0 Å². The SMILES string of the molecule is CNC(=O)CN1CCC(NC(=O)C2CCC(N)CC2)CC1. The Bertz CT molecular complexity index is 359. The van der Waals surface area contributed by atoms with Crippen molar-refractivity contribution in [1.29, 1.82) is 0 Å². The van der Waals surface area contributed by atoms with Crippen molar-refractivity contribution in [3.63, 3.8) is 0 Å². The summed E-state index contributed by atoms with van der Waals surface area (Å²) in [6.07, 6.45) is 5.61. The number of likely N-dealkylation sites (tertiary alicyclic amines) is 1. The van der Waals surface area contributed by atoms with Crippen LogP contribution in [0.4, 0.5) is 0 Å². The highest BCUT2D eigenvalue weighted by Crippen LogP contribution is 2.23. The molecule has 0 atom stereocenters. The van der Waals surface area contributed by atoms with Gasteiger partial charge in [0, 0.05) is 38.1 Å². The predicted octanol–water partition coefficient (Wildman–Crippen LogP) is -0.169. The largest absolute Gasteiger partial charge is 0.358 e. The summed E-state index contributed by atoms with van der Waals surface area (Å²) >= 11 is 0. The van der Waals surface area contributed by atoms with Gasteiger partial charge in [-0.2, -0.15) is 0 Å². The Morgan fingerprint density at radius 3 is 2.29 bits per heavy atom. The number of amides is 2. The van der Waals surface area contributed by atoms with E-state index in [-0.39, 0.29) is 29.8 Å². The van der Waals surface area contributed by atoms with Gasteiger partial charge in [0.25, 0.3) is 0 Å². The van der Waals surface area contributed by atoms with Crippen molar-refractivity contribution in [3.8, 4) is 0 Å². The van der Waals surface area contributed by atoms with Gasteiger partial charge in [-0.1, -0.05) is 0 Å². The van der Waals surface area contributed by atoms with E-state index in [1.807, 2.05) is 0 Å². The van der Waals surface area contributed by atoms with Crippen LogP contribution in [0.1, 0.15) is 38.5 Å². The Morgan fingerprint density at radius 1 is 1.10 bits per heavy atom. The molecule has 0 radical (unpaired) electrons. The first-order chi connectivity index (χ1) is 10.1. The van der Waals surface area contributed by atoms with Gasteiger partial charge >= 0.3 is 0 Å². The Kier molecular flexibility index (Phi) is 5.99. The molecule has 120 valence electrons. The molecule has 0 spiro atoms. The number of hydrogen-bond acceptors (Lipinski definition) is 4. The fourth-order valence-electron chi connectivity index (χ4n) is 3.22. The topological polar surface area (TPSA) is 87.5 Å². The van der Waals surface area contributed by atoms with Crippen molar-refractivity contribution in [2.75, 3.05) is 26.7 Å². The average molecular weight is 296 g/mol. The Labute approximate surface area is 126 Å². The van der Waals surface area contributed by atoms with E-state index in [0.717, 1.165) is 51.6 Å². The van der Waals surface area contributed by atoms with Gasteiger partial charge in [0.15, 0.2) is 0 Å². The van der Waals surface area contributed by atoms with E-state index in [2.05, 4.69) is 15.5 Å². The van der Waals surface area contributed by atoms with Gasteiger partial charge in [-0.15, -0.1) is 0 Å². The fraction of sp³-hybridized carbons (Fsp3) is 0.867. The Balaban J connectivity index is 1.68. The first-order valence-corrected chi connectivity index (χ1v) is 8.07. The van der Waals surface area contributed by atoms with E-state index in [4.69, 9.17) is 5.73 Å². The van der Waals surface area contributed by atoms with E-state index in [1.165, 1.54) is 0 Å². The molecule has 2 fully saturated rings. The van der Waals surface area contributed by atoms with E-state index in [1.54, 1.807) is 7.05 Å². The maximum Gasteiger partial charge on any atom is 0.233 e. The Morgan fingerprint density at radius 2 is 1.71 bits per heavy atom. The van der Waals surface area contributed by atoms with Crippen LogP contribution in [0.15, 0.2) is 0 Å². The smallest absolute Gasteiger partial charge is 0.233 e. The third-order valence-corrected chi connectivity index (χ3v) is 4.72. The quantitative estimate of drug-likeness (QED) is 0.672. The molecule has 4 N–H and O–H groups in total. The molecule has 1 saturated heterocycles. The van der Waals surface area contributed by atoms with Crippen LogP contribution in [0.25, 0.3) is 0 Å². The zero-order chi connectivity index (χ0) is 15.2. The minimum Gasteiger partial charge on any atom is -0.358 e. The van der Waals surface area contributed by atoms with E-state index in [0.29, 0.717) is 6.54 Å². The third-order valence-electron chi connectivity index (χ3n) is 4.72. The summed E-state index contributed by atoms with van der Waals surface area (Å²) in [5.41, 5.74) is 5.88. The molecule has 2 rings (SSSR count). The normalized spacial score (nSPS) is 28.1. The van der Waals surface area contributed by atoms with Crippen molar-refractivity contribution in [2.24, 2.45) is 11.7 Å². The number of rotatable bonds is 4. The molecule has 1 saturated carbocycles. The van der Waals surface area contributed by atoms with Gasteiger partial charge in [0.2, 0.25) is 11.8 Å². The molecule has 1 aliphatic heterocycles. The maximum absolute atomic E-state index is 12.2. The van der Waals surface area contributed by atoms with Crippen molar-refractivity contribution >= 4 is 11.8 Å². The highest BCUT2D eigenvalue weighted by molar-refractivity contribution is 5.79. The second-order valence-electron chi connectivity index (χ2n) is 6.34. The number of likely N-dealkylation sites (N-methyl/N-ethyl adjacent to an activating group) is 1. The van der Waals surface area contributed by atoms with Crippen molar-refractivity contribution < 1.29 is 9.59 Å². The van der Waals surface area contributed by atoms with Gasteiger partial charge in [-0.05, 0) is 38.5 Å². The van der Waals surface area contributed by atoms with Crippen LogP contribution in [-0.4, -0.2) is 55.5 Å². The van der Waals surface area contributed by atoms with Crippen molar-refractivity contribution in [3.05, 3.63) is 0 Å². The molecule has 0 bridgehead atoms. The van der Waals surface area contributed by atoms with Gasteiger partial charge in [0.05, 0.1) is 6.54 Å². The number of carbonyl (C=O) groups is 2. The number of nitrogens with zero attached hydrogens (tertiary/aromatic N) is 1. The lowest BCUT2D eigenvalue weighted by Gasteiger charge is -2.33. The molecular weight excluding hydrogens is 268 g/mol. The molecule has 0 aromatic carbocycles. The number of nitrogens with two attached hydrogens (primary N) is 1. The molecule has 6 nitrogen and oxygen atoms in total. The first kappa shape index (κ1) is 16.2. The average Bonchev–Trinajstić information content (AvgIpc) is 2.49. The summed E-state index contributed by atoms with van der Waals surface area (Å²) in [4.78, 5) is 25.7. The van der Waals surface area contributed by atoms with Crippen LogP contribution < -0.4 is 16.4 Å². The minimum absolute atomic E-state index is 0.0519. The second-order valence-corrected chi connectivity index (χ2v) is 6.34. The molecule has 2 aliphatic rings. The molecular formula is C15H28N4O2. The van der Waals surface area contributed by atoms with E-state index < -0.39 is 0 Å². The zero-order valence-electron chi connectivity index (χ0n) is 12.9. The monoisotopic (exact) mass is 296 g/mol. The number of carbonyl (C=O) groups excluding carboxylic acids is 2. The van der Waals surface area contributed by atoms with Crippen LogP contribution in [0.5, 0.6) is 0 Å². The minimum atomic E-state index is 0.0519. The molecule has 2 amide bonds. The number of nitrogens with one attached hydrogen (secondary N) is 2. The number of hydrogen-bond donors (Lipinski definition) is 3. The highest BCUT2D eigenvalue weighted by atomic mass is 16.2.